The van der Waals surface area contributed by atoms with Crippen molar-refractivity contribution in [3.8, 4) is 11.3 Å². The Morgan fingerprint density at radius 1 is 1.32 bits per heavy atom. The topological polar surface area (TPSA) is 60.9 Å². The summed E-state index contributed by atoms with van der Waals surface area (Å²) in [6.45, 7) is 4.68. The third kappa shape index (κ3) is 3.15. The molecule has 2 N–H and O–H groups in total. The van der Waals surface area contributed by atoms with Crippen molar-refractivity contribution < 1.29 is 0 Å². The molecule has 0 saturated heterocycles. The Morgan fingerprint density at radius 3 is 2.68 bits per heavy atom. The Morgan fingerprint density at radius 2 is 2.05 bits per heavy atom. The summed E-state index contributed by atoms with van der Waals surface area (Å²) in [6.07, 6.45) is 0. The maximum absolute atomic E-state index is 11.7. The first kappa shape index (κ1) is 13.6. The molecule has 1 heterocycles. The van der Waals surface area contributed by atoms with E-state index in [0.29, 0.717) is 28.9 Å². The van der Waals surface area contributed by atoms with Crippen LogP contribution in [0.25, 0.3) is 11.3 Å². The van der Waals surface area contributed by atoms with Gasteiger partial charge in [0, 0.05) is 18.2 Å². The number of aromatic nitrogens is 2. The van der Waals surface area contributed by atoms with Gasteiger partial charge < -0.3 is 5.73 Å². The average Bonchev–Trinajstić information content (AvgIpc) is 2.35. The summed E-state index contributed by atoms with van der Waals surface area (Å²) >= 11 is 5.89. The van der Waals surface area contributed by atoms with Crippen LogP contribution >= 0.6 is 11.6 Å². The van der Waals surface area contributed by atoms with E-state index >= 15 is 0 Å². The highest BCUT2D eigenvalue weighted by molar-refractivity contribution is 6.33. The number of nitrogens with zero attached hydrogens (tertiary/aromatic N) is 2. The van der Waals surface area contributed by atoms with Gasteiger partial charge in [-0.15, -0.1) is 0 Å². The molecule has 19 heavy (non-hydrogen) atoms. The SMILES string of the molecule is CC(C)Cn1nc(-c2ccc(Cl)c(N)c2)ccc1=O. The van der Waals surface area contributed by atoms with E-state index in [1.807, 2.05) is 19.9 Å². The van der Waals surface area contributed by atoms with Crippen LogP contribution in [0.1, 0.15) is 13.8 Å². The van der Waals surface area contributed by atoms with Crippen LogP contribution in [0.2, 0.25) is 5.02 Å². The van der Waals surface area contributed by atoms with Gasteiger partial charge in [0.15, 0.2) is 0 Å². The van der Waals surface area contributed by atoms with E-state index in [1.54, 1.807) is 18.2 Å². The van der Waals surface area contributed by atoms with Crippen molar-refractivity contribution in [2.45, 2.75) is 20.4 Å². The summed E-state index contributed by atoms with van der Waals surface area (Å²) in [4.78, 5) is 11.7. The van der Waals surface area contributed by atoms with Gasteiger partial charge >= 0.3 is 0 Å². The Labute approximate surface area is 116 Å². The fourth-order valence-corrected chi connectivity index (χ4v) is 1.90. The lowest BCUT2D eigenvalue weighted by molar-refractivity contribution is 0.465. The molecule has 0 aliphatic rings. The molecule has 4 nitrogen and oxygen atoms in total. The van der Waals surface area contributed by atoms with Crippen LogP contribution in [-0.2, 0) is 6.54 Å². The van der Waals surface area contributed by atoms with E-state index in [4.69, 9.17) is 17.3 Å². The predicted molar refractivity (Wildman–Crippen MR) is 78.2 cm³/mol. The molecule has 100 valence electrons. The zero-order valence-corrected chi connectivity index (χ0v) is 11.7. The minimum absolute atomic E-state index is 0.0978. The van der Waals surface area contributed by atoms with Crippen LogP contribution in [0.4, 0.5) is 5.69 Å². The molecule has 0 radical (unpaired) electrons. The molecule has 0 bridgehead atoms. The van der Waals surface area contributed by atoms with E-state index in [0.717, 1.165) is 5.56 Å². The molecule has 0 aliphatic heterocycles. The highest BCUT2D eigenvalue weighted by Gasteiger charge is 2.06. The minimum Gasteiger partial charge on any atom is -0.398 e. The second-order valence-corrected chi connectivity index (χ2v) is 5.28. The van der Waals surface area contributed by atoms with Gasteiger partial charge in [0.1, 0.15) is 0 Å². The van der Waals surface area contributed by atoms with Crippen LogP contribution in [0.5, 0.6) is 0 Å². The van der Waals surface area contributed by atoms with Crippen LogP contribution < -0.4 is 11.3 Å². The number of nitrogen functional groups attached to an aromatic ring is 1. The van der Waals surface area contributed by atoms with E-state index in [9.17, 15) is 4.79 Å². The summed E-state index contributed by atoms with van der Waals surface area (Å²) in [5.74, 6) is 0.357. The highest BCUT2D eigenvalue weighted by atomic mass is 35.5. The van der Waals surface area contributed by atoms with E-state index in [1.165, 1.54) is 10.7 Å². The van der Waals surface area contributed by atoms with Crippen LogP contribution in [0.3, 0.4) is 0 Å². The number of benzene rings is 1. The number of rotatable bonds is 3. The van der Waals surface area contributed by atoms with Gasteiger partial charge in [-0.1, -0.05) is 31.5 Å². The van der Waals surface area contributed by atoms with Gasteiger partial charge in [0.25, 0.3) is 5.56 Å². The fourth-order valence-electron chi connectivity index (χ4n) is 1.78. The lowest BCUT2D eigenvalue weighted by Crippen LogP contribution is -2.24. The largest absolute Gasteiger partial charge is 0.398 e. The number of hydrogen-bond donors (Lipinski definition) is 1. The zero-order valence-electron chi connectivity index (χ0n) is 10.9. The molecular formula is C14H16ClN3O. The summed E-state index contributed by atoms with van der Waals surface area (Å²) in [5.41, 5.74) is 7.74. The Hall–Kier alpha value is -1.81. The van der Waals surface area contributed by atoms with Crippen molar-refractivity contribution >= 4 is 17.3 Å². The Bertz CT molecular complexity index is 649. The molecule has 1 aromatic carbocycles. The van der Waals surface area contributed by atoms with Gasteiger partial charge in [-0.2, -0.15) is 5.10 Å². The second-order valence-electron chi connectivity index (χ2n) is 4.87. The molecule has 0 unspecified atom stereocenters. The molecule has 1 aromatic heterocycles. The van der Waals surface area contributed by atoms with Crippen molar-refractivity contribution in [3.63, 3.8) is 0 Å². The molecule has 0 spiro atoms. The molecular weight excluding hydrogens is 262 g/mol. The number of hydrogen-bond acceptors (Lipinski definition) is 3. The third-order valence-electron chi connectivity index (χ3n) is 2.70. The molecule has 2 aromatic rings. The Balaban J connectivity index is 2.45. The quantitative estimate of drug-likeness (QED) is 0.878. The number of nitrogens with two attached hydrogens (primary N) is 1. The molecule has 2 rings (SSSR count). The van der Waals surface area contributed by atoms with Crippen molar-refractivity contribution in [1.82, 2.24) is 9.78 Å². The van der Waals surface area contributed by atoms with Gasteiger partial charge in [-0.05, 0) is 24.1 Å². The first-order valence-corrected chi connectivity index (χ1v) is 6.48. The highest BCUT2D eigenvalue weighted by Crippen LogP contribution is 2.24. The predicted octanol–water partition coefficient (Wildman–Crippen LogP) is 2.80. The van der Waals surface area contributed by atoms with Gasteiger partial charge in [-0.3, -0.25) is 4.79 Å². The minimum atomic E-state index is -0.0978. The summed E-state index contributed by atoms with van der Waals surface area (Å²) in [5, 5.41) is 4.87. The van der Waals surface area contributed by atoms with Crippen LogP contribution in [-0.4, -0.2) is 9.78 Å². The molecule has 5 heteroatoms. The zero-order chi connectivity index (χ0) is 14.0. The standard InChI is InChI=1S/C14H16ClN3O/c1-9(2)8-18-14(19)6-5-13(17-18)10-3-4-11(15)12(16)7-10/h3-7,9H,8,16H2,1-2H3. The van der Waals surface area contributed by atoms with Crippen molar-refractivity contribution in [3.05, 3.63) is 45.7 Å². The second kappa shape index (κ2) is 5.45. The van der Waals surface area contributed by atoms with Gasteiger partial charge in [0.2, 0.25) is 0 Å². The summed E-state index contributed by atoms with van der Waals surface area (Å²) in [6, 6.07) is 8.54. The first-order valence-electron chi connectivity index (χ1n) is 6.11. The first-order chi connectivity index (χ1) is 8.97. The average molecular weight is 278 g/mol. The van der Waals surface area contributed by atoms with Crippen molar-refractivity contribution in [1.29, 1.82) is 0 Å². The maximum atomic E-state index is 11.7. The van der Waals surface area contributed by atoms with E-state index in [2.05, 4.69) is 5.10 Å². The normalized spacial score (nSPS) is 10.9. The lowest BCUT2D eigenvalue weighted by atomic mass is 10.1. The van der Waals surface area contributed by atoms with E-state index in [-0.39, 0.29) is 5.56 Å². The number of anilines is 1. The molecule has 0 fully saturated rings. The van der Waals surface area contributed by atoms with Crippen LogP contribution in [0, 0.1) is 5.92 Å². The molecule has 0 saturated carbocycles. The third-order valence-corrected chi connectivity index (χ3v) is 3.04. The maximum Gasteiger partial charge on any atom is 0.266 e. The molecule has 0 amide bonds. The molecule has 0 aliphatic carbocycles. The van der Waals surface area contributed by atoms with Gasteiger partial charge in [0.05, 0.1) is 16.4 Å². The molecule has 0 atom stereocenters. The lowest BCUT2D eigenvalue weighted by Gasteiger charge is -2.09. The number of halogens is 1. The smallest absolute Gasteiger partial charge is 0.266 e. The summed E-state index contributed by atoms with van der Waals surface area (Å²) in [7, 11) is 0. The monoisotopic (exact) mass is 277 g/mol. The van der Waals surface area contributed by atoms with Crippen molar-refractivity contribution in [2.75, 3.05) is 5.73 Å². The van der Waals surface area contributed by atoms with Crippen LogP contribution in [0.15, 0.2) is 35.1 Å². The summed E-state index contributed by atoms with van der Waals surface area (Å²) < 4.78 is 1.48. The Kier molecular flexibility index (Phi) is 3.90. The fraction of sp³-hybridized carbons (Fsp3) is 0.286. The van der Waals surface area contributed by atoms with Gasteiger partial charge in [-0.25, -0.2) is 4.68 Å². The van der Waals surface area contributed by atoms with Crippen molar-refractivity contribution in [2.24, 2.45) is 5.92 Å². The van der Waals surface area contributed by atoms with E-state index < -0.39 is 0 Å².